The largest absolute Gasteiger partial charge is 0.396 e. The molecule has 5 heteroatoms. The second-order valence-electron chi connectivity index (χ2n) is 4.36. The number of anilines is 2. The third kappa shape index (κ3) is 3.85. The van der Waals surface area contributed by atoms with Crippen molar-refractivity contribution in [1.29, 1.82) is 0 Å². The lowest BCUT2D eigenvalue weighted by Gasteiger charge is -2.22. The van der Waals surface area contributed by atoms with Gasteiger partial charge in [-0.25, -0.2) is 4.98 Å². The number of halogens is 1. The molecule has 3 N–H and O–H groups in total. The molecule has 0 unspecified atom stereocenters. The fraction of sp³-hybridized carbons (Fsp3) is 0.583. The summed E-state index contributed by atoms with van der Waals surface area (Å²) in [5.74, 6) is 1.55. The molecule has 17 heavy (non-hydrogen) atoms. The van der Waals surface area contributed by atoms with Gasteiger partial charge in [0.2, 0.25) is 0 Å². The summed E-state index contributed by atoms with van der Waals surface area (Å²) in [6.45, 7) is 2.73. The minimum absolute atomic E-state index is 0.686. The molecule has 1 aromatic rings. The number of aromatic nitrogens is 1. The number of ether oxygens (including phenoxy) is 1. The van der Waals surface area contributed by atoms with E-state index >= 15 is 0 Å². The molecule has 1 fully saturated rings. The Hall–Kier alpha value is -0.810. The lowest BCUT2D eigenvalue weighted by molar-refractivity contribution is 0.0649. The van der Waals surface area contributed by atoms with Gasteiger partial charge in [-0.05, 0) is 47.2 Å². The van der Waals surface area contributed by atoms with Gasteiger partial charge in [-0.1, -0.05) is 0 Å². The Balaban J connectivity index is 1.77. The first-order valence-corrected chi connectivity index (χ1v) is 6.77. The van der Waals surface area contributed by atoms with E-state index in [1.807, 2.05) is 6.07 Å². The predicted octanol–water partition coefficient (Wildman–Crippen LogP) is 2.65. The summed E-state index contributed by atoms with van der Waals surface area (Å²) in [6, 6.07) is 1.86. The minimum atomic E-state index is 0.686. The van der Waals surface area contributed by atoms with Crippen molar-refractivity contribution < 1.29 is 4.74 Å². The van der Waals surface area contributed by atoms with Crippen LogP contribution in [0.1, 0.15) is 19.3 Å². The van der Waals surface area contributed by atoms with Crippen LogP contribution in [0.4, 0.5) is 11.5 Å². The second-order valence-corrected chi connectivity index (χ2v) is 5.28. The third-order valence-electron chi connectivity index (χ3n) is 3.07. The van der Waals surface area contributed by atoms with Crippen molar-refractivity contribution in [3.8, 4) is 0 Å². The summed E-state index contributed by atoms with van der Waals surface area (Å²) in [5, 5.41) is 3.29. The molecule has 4 nitrogen and oxygen atoms in total. The first kappa shape index (κ1) is 12.6. The third-order valence-corrected chi connectivity index (χ3v) is 3.50. The Bertz CT molecular complexity index is 367. The molecular formula is C12H18BrN3O. The van der Waals surface area contributed by atoms with Crippen molar-refractivity contribution in [2.24, 2.45) is 5.92 Å². The lowest BCUT2D eigenvalue weighted by atomic mass is 9.97. The van der Waals surface area contributed by atoms with Crippen LogP contribution in [-0.4, -0.2) is 24.7 Å². The Morgan fingerprint density at radius 2 is 2.24 bits per heavy atom. The van der Waals surface area contributed by atoms with Gasteiger partial charge in [-0.3, -0.25) is 0 Å². The van der Waals surface area contributed by atoms with E-state index in [1.54, 1.807) is 6.20 Å². The van der Waals surface area contributed by atoms with Crippen LogP contribution in [-0.2, 0) is 4.74 Å². The molecule has 0 saturated carbocycles. The Labute approximate surface area is 110 Å². The summed E-state index contributed by atoms with van der Waals surface area (Å²) < 4.78 is 6.25. The first-order valence-electron chi connectivity index (χ1n) is 5.98. The van der Waals surface area contributed by atoms with E-state index in [0.29, 0.717) is 5.69 Å². The average Bonchev–Trinajstić information content (AvgIpc) is 2.33. The first-order chi connectivity index (χ1) is 8.25. The van der Waals surface area contributed by atoms with Gasteiger partial charge in [-0.15, -0.1) is 0 Å². The van der Waals surface area contributed by atoms with Gasteiger partial charge in [0, 0.05) is 30.4 Å². The zero-order chi connectivity index (χ0) is 12.1. The summed E-state index contributed by atoms with van der Waals surface area (Å²) in [4.78, 5) is 4.25. The molecular weight excluding hydrogens is 282 g/mol. The summed E-state index contributed by atoms with van der Waals surface area (Å²) in [5.41, 5.74) is 6.55. The van der Waals surface area contributed by atoms with Crippen molar-refractivity contribution in [3.05, 3.63) is 16.7 Å². The molecule has 0 spiro atoms. The van der Waals surface area contributed by atoms with E-state index in [1.165, 1.54) is 12.8 Å². The van der Waals surface area contributed by atoms with Crippen molar-refractivity contribution in [2.75, 3.05) is 30.8 Å². The van der Waals surface area contributed by atoms with E-state index in [9.17, 15) is 0 Å². The van der Waals surface area contributed by atoms with Crippen molar-refractivity contribution in [1.82, 2.24) is 4.98 Å². The van der Waals surface area contributed by atoms with Gasteiger partial charge in [0.25, 0.3) is 0 Å². The molecule has 94 valence electrons. The summed E-state index contributed by atoms with van der Waals surface area (Å²) in [6.07, 6.45) is 5.25. The molecule has 1 aromatic heterocycles. The van der Waals surface area contributed by atoms with Crippen LogP contribution in [0.25, 0.3) is 0 Å². The molecule has 0 aliphatic carbocycles. The number of nitrogens with zero attached hydrogens (tertiary/aromatic N) is 1. The maximum atomic E-state index is 5.87. The maximum Gasteiger partial charge on any atom is 0.149 e. The highest BCUT2D eigenvalue weighted by Gasteiger charge is 2.13. The van der Waals surface area contributed by atoms with Crippen LogP contribution in [0.5, 0.6) is 0 Å². The molecule has 1 aliphatic heterocycles. The van der Waals surface area contributed by atoms with Gasteiger partial charge in [0.15, 0.2) is 0 Å². The van der Waals surface area contributed by atoms with Crippen molar-refractivity contribution in [3.63, 3.8) is 0 Å². The summed E-state index contributed by atoms with van der Waals surface area (Å²) >= 11 is 3.34. The quantitative estimate of drug-likeness (QED) is 0.897. The zero-order valence-corrected chi connectivity index (χ0v) is 11.4. The fourth-order valence-electron chi connectivity index (χ4n) is 2.03. The van der Waals surface area contributed by atoms with Gasteiger partial charge in [-0.2, -0.15) is 0 Å². The standard InChI is InChI=1S/C12H18BrN3O/c13-10-7-11(14)12(16-8-10)15-4-1-9-2-5-17-6-3-9/h7-9H,1-6,14H2,(H,15,16). The Morgan fingerprint density at radius 3 is 2.94 bits per heavy atom. The summed E-state index contributed by atoms with van der Waals surface area (Å²) in [7, 11) is 0. The number of nitrogens with two attached hydrogens (primary N) is 1. The highest BCUT2D eigenvalue weighted by molar-refractivity contribution is 9.10. The number of nitrogens with one attached hydrogen (secondary N) is 1. The zero-order valence-electron chi connectivity index (χ0n) is 9.79. The van der Waals surface area contributed by atoms with Crippen LogP contribution in [0.2, 0.25) is 0 Å². The molecule has 2 rings (SSSR count). The van der Waals surface area contributed by atoms with Crippen LogP contribution in [0.15, 0.2) is 16.7 Å². The monoisotopic (exact) mass is 299 g/mol. The minimum Gasteiger partial charge on any atom is -0.396 e. The fourth-order valence-corrected chi connectivity index (χ4v) is 2.38. The molecule has 0 atom stereocenters. The van der Waals surface area contributed by atoms with Crippen molar-refractivity contribution >= 4 is 27.4 Å². The van der Waals surface area contributed by atoms with Crippen LogP contribution < -0.4 is 11.1 Å². The normalized spacial score (nSPS) is 17.0. The molecule has 1 aliphatic rings. The smallest absolute Gasteiger partial charge is 0.149 e. The number of pyridine rings is 1. The number of hydrogen-bond donors (Lipinski definition) is 2. The highest BCUT2D eigenvalue weighted by Crippen LogP contribution is 2.21. The van der Waals surface area contributed by atoms with Gasteiger partial charge < -0.3 is 15.8 Å². The van der Waals surface area contributed by atoms with Crippen LogP contribution >= 0.6 is 15.9 Å². The molecule has 0 bridgehead atoms. The molecule has 0 radical (unpaired) electrons. The SMILES string of the molecule is Nc1cc(Br)cnc1NCCC1CCOCC1. The maximum absolute atomic E-state index is 5.87. The van der Waals surface area contributed by atoms with Crippen molar-refractivity contribution in [2.45, 2.75) is 19.3 Å². The van der Waals surface area contributed by atoms with Crippen LogP contribution in [0, 0.1) is 5.92 Å². The Kier molecular flexibility index (Phi) is 4.62. The average molecular weight is 300 g/mol. The van der Waals surface area contributed by atoms with Gasteiger partial charge >= 0.3 is 0 Å². The van der Waals surface area contributed by atoms with Gasteiger partial charge in [0.1, 0.15) is 5.82 Å². The second kappa shape index (κ2) is 6.21. The molecule has 2 heterocycles. The Morgan fingerprint density at radius 1 is 1.47 bits per heavy atom. The molecule has 0 aromatic carbocycles. The molecule has 0 amide bonds. The van der Waals surface area contributed by atoms with E-state index in [4.69, 9.17) is 10.5 Å². The van der Waals surface area contributed by atoms with E-state index in [0.717, 1.165) is 42.4 Å². The lowest BCUT2D eigenvalue weighted by Crippen LogP contribution is -2.18. The van der Waals surface area contributed by atoms with E-state index in [2.05, 4.69) is 26.2 Å². The predicted molar refractivity (Wildman–Crippen MR) is 73.0 cm³/mol. The topological polar surface area (TPSA) is 60.2 Å². The number of rotatable bonds is 4. The van der Waals surface area contributed by atoms with E-state index < -0.39 is 0 Å². The van der Waals surface area contributed by atoms with Gasteiger partial charge in [0.05, 0.1) is 5.69 Å². The number of hydrogen-bond acceptors (Lipinski definition) is 4. The molecule has 1 saturated heterocycles. The highest BCUT2D eigenvalue weighted by atomic mass is 79.9. The number of nitrogen functional groups attached to an aromatic ring is 1. The van der Waals surface area contributed by atoms with E-state index in [-0.39, 0.29) is 0 Å². The van der Waals surface area contributed by atoms with Crippen LogP contribution in [0.3, 0.4) is 0 Å².